The van der Waals surface area contributed by atoms with Crippen LogP contribution in [-0.2, 0) is 0 Å². The van der Waals surface area contributed by atoms with Crippen LogP contribution in [-0.4, -0.2) is 15.9 Å². The Hall–Kier alpha value is -2.92. The van der Waals surface area contributed by atoms with E-state index in [1.54, 1.807) is 6.07 Å². The van der Waals surface area contributed by atoms with E-state index in [1.807, 2.05) is 66.7 Å². The van der Waals surface area contributed by atoms with Crippen LogP contribution in [0.5, 0.6) is 0 Å². The number of aromatic nitrogens is 2. The summed E-state index contributed by atoms with van der Waals surface area (Å²) in [5, 5.41) is 2.98. The van der Waals surface area contributed by atoms with Gasteiger partial charge < -0.3 is 10.3 Å². The van der Waals surface area contributed by atoms with Crippen LogP contribution < -0.4 is 5.32 Å². The fourth-order valence-electron chi connectivity index (χ4n) is 2.71. The maximum absolute atomic E-state index is 12.6. The van der Waals surface area contributed by atoms with Gasteiger partial charge in [0.15, 0.2) is 0 Å². The van der Waals surface area contributed by atoms with Gasteiger partial charge in [-0.1, -0.05) is 36.4 Å². The Morgan fingerprint density at radius 1 is 0.920 bits per heavy atom. The average molecular weight is 392 g/mol. The van der Waals surface area contributed by atoms with E-state index in [-0.39, 0.29) is 5.91 Å². The van der Waals surface area contributed by atoms with Crippen molar-refractivity contribution < 1.29 is 4.79 Å². The number of amides is 1. The van der Waals surface area contributed by atoms with Gasteiger partial charge in [0.1, 0.15) is 5.82 Å². The lowest BCUT2D eigenvalue weighted by molar-refractivity contribution is 0.102. The van der Waals surface area contributed by atoms with Crippen molar-refractivity contribution in [1.82, 2.24) is 9.97 Å². The highest BCUT2D eigenvalue weighted by atomic mass is 79.9. The lowest BCUT2D eigenvalue weighted by Crippen LogP contribution is -2.13. The van der Waals surface area contributed by atoms with Crippen LogP contribution >= 0.6 is 15.9 Å². The summed E-state index contributed by atoms with van der Waals surface area (Å²) in [4.78, 5) is 20.5. The van der Waals surface area contributed by atoms with Gasteiger partial charge in [-0.2, -0.15) is 0 Å². The number of halogens is 1. The maximum atomic E-state index is 12.6. The minimum atomic E-state index is -0.170. The largest absolute Gasteiger partial charge is 0.338 e. The smallest absolute Gasteiger partial charge is 0.256 e. The number of hydrogen-bond acceptors (Lipinski definition) is 2. The zero-order valence-corrected chi connectivity index (χ0v) is 14.7. The first-order chi connectivity index (χ1) is 12.2. The standard InChI is InChI=1S/C20H14BrN3O/c21-15-9-3-1-7-13(15)20(25)24-16-10-4-2-8-14(16)19-22-17-11-5-6-12-18(17)23-19/h1-12H,(H,22,23)(H,24,25). The summed E-state index contributed by atoms with van der Waals surface area (Å²) in [6.07, 6.45) is 0. The second-order valence-corrected chi connectivity index (χ2v) is 6.44. The first kappa shape index (κ1) is 15.6. The molecule has 0 unspecified atom stereocenters. The Bertz CT molecular complexity index is 1040. The molecule has 0 atom stereocenters. The molecule has 0 spiro atoms. The Morgan fingerprint density at radius 2 is 1.64 bits per heavy atom. The highest BCUT2D eigenvalue weighted by Gasteiger charge is 2.14. The SMILES string of the molecule is O=C(Nc1ccccc1-c1nc2ccccc2[nH]1)c1ccccc1Br. The normalized spacial score (nSPS) is 10.8. The van der Waals surface area contributed by atoms with Gasteiger partial charge in [0, 0.05) is 10.0 Å². The summed E-state index contributed by atoms with van der Waals surface area (Å²) < 4.78 is 0.758. The second-order valence-electron chi connectivity index (χ2n) is 5.58. The van der Waals surface area contributed by atoms with Crippen molar-refractivity contribution in [2.45, 2.75) is 0 Å². The lowest BCUT2D eigenvalue weighted by atomic mass is 10.1. The summed E-state index contributed by atoms with van der Waals surface area (Å²) in [7, 11) is 0. The number of benzene rings is 3. The van der Waals surface area contributed by atoms with Crippen LogP contribution in [0.4, 0.5) is 5.69 Å². The summed E-state index contributed by atoms with van der Waals surface area (Å²) >= 11 is 3.42. The first-order valence-corrected chi connectivity index (χ1v) is 8.62. The van der Waals surface area contributed by atoms with Crippen molar-refractivity contribution in [1.29, 1.82) is 0 Å². The molecular weight excluding hydrogens is 378 g/mol. The molecule has 0 radical (unpaired) electrons. The molecule has 1 heterocycles. The third-order valence-electron chi connectivity index (χ3n) is 3.94. The van der Waals surface area contributed by atoms with Crippen molar-refractivity contribution in [3.63, 3.8) is 0 Å². The van der Waals surface area contributed by atoms with Crippen LogP contribution in [0, 0.1) is 0 Å². The predicted octanol–water partition coefficient (Wildman–Crippen LogP) is 5.24. The molecule has 4 rings (SSSR count). The van der Waals surface area contributed by atoms with Crippen LogP contribution in [0.25, 0.3) is 22.4 Å². The first-order valence-electron chi connectivity index (χ1n) is 7.82. The number of para-hydroxylation sites is 3. The number of fused-ring (bicyclic) bond motifs is 1. The molecule has 3 aromatic carbocycles. The Morgan fingerprint density at radius 3 is 2.48 bits per heavy atom. The summed E-state index contributed by atoms with van der Waals surface area (Å²) in [5.41, 5.74) is 4.00. The minimum Gasteiger partial charge on any atom is -0.338 e. The third kappa shape index (κ3) is 3.06. The van der Waals surface area contributed by atoms with Crippen LogP contribution in [0.2, 0.25) is 0 Å². The minimum absolute atomic E-state index is 0.170. The van der Waals surface area contributed by atoms with Gasteiger partial charge in [-0.15, -0.1) is 0 Å². The van der Waals surface area contributed by atoms with Gasteiger partial charge >= 0.3 is 0 Å². The van der Waals surface area contributed by atoms with E-state index in [4.69, 9.17) is 0 Å². The van der Waals surface area contributed by atoms with E-state index >= 15 is 0 Å². The van der Waals surface area contributed by atoms with Gasteiger partial charge in [-0.25, -0.2) is 4.98 Å². The van der Waals surface area contributed by atoms with E-state index in [0.717, 1.165) is 26.9 Å². The zero-order valence-electron chi connectivity index (χ0n) is 13.2. The van der Waals surface area contributed by atoms with E-state index in [9.17, 15) is 4.79 Å². The van der Waals surface area contributed by atoms with Gasteiger partial charge in [0.2, 0.25) is 0 Å². The third-order valence-corrected chi connectivity index (χ3v) is 4.63. The number of carbonyl (C=O) groups is 1. The molecule has 5 heteroatoms. The number of imidazole rings is 1. The Balaban J connectivity index is 1.72. The predicted molar refractivity (Wildman–Crippen MR) is 104 cm³/mol. The molecule has 0 aliphatic rings. The molecule has 2 N–H and O–H groups in total. The number of rotatable bonds is 3. The highest BCUT2D eigenvalue weighted by Crippen LogP contribution is 2.28. The molecule has 1 aromatic heterocycles. The maximum Gasteiger partial charge on any atom is 0.256 e. The summed E-state index contributed by atoms with van der Waals surface area (Å²) in [5.74, 6) is 0.556. The van der Waals surface area contributed by atoms with Crippen molar-refractivity contribution in [2.75, 3.05) is 5.32 Å². The summed E-state index contributed by atoms with van der Waals surface area (Å²) in [6, 6.07) is 22.8. The topological polar surface area (TPSA) is 57.8 Å². The van der Waals surface area contributed by atoms with Crippen molar-refractivity contribution in [3.8, 4) is 11.4 Å². The van der Waals surface area contributed by atoms with Gasteiger partial charge in [-0.3, -0.25) is 4.79 Å². The number of H-pyrrole nitrogens is 1. The molecule has 4 nitrogen and oxygen atoms in total. The Kier molecular flexibility index (Phi) is 4.07. The molecular formula is C20H14BrN3O. The van der Waals surface area contributed by atoms with Crippen molar-refractivity contribution in [3.05, 3.63) is 82.8 Å². The number of nitrogens with zero attached hydrogens (tertiary/aromatic N) is 1. The van der Waals surface area contributed by atoms with E-state index in [0.29, 0.717) is 11.3 Å². The van der Waals surface area contributed by atoms with E-state index < -0.39 is 0 Å². The number of nitrogens with one attached hydrogen (secondary N) is 2. The number of carbonyl (C=O) groups excluding carboxylic acids is 1. The van der Waals surface area contributed by atoms with Crippen LogP contribution in [0.15, 0.2) is 77.3 Å². The fourth-order valence-corrected chi connectivity index (χ4v) is 3.18. The number of aromatic amines is 1. The van der Waals surface area contributed by atoms with E-state index in [1.165, 1.54) is 0 Å². The molecule has 122 valence electrons. The molecule has 0 saturated carbocycles. The lowest BCUT2D eigenvalue weighted by Gasteiger charge is -2.10. The van der Waals surface area contributed by atoms with Crippen molar-refractivity contribution in [2.24, 2.45) is 0 Å². The van der Waals surface area contributed by atoms with Gasteiger partial charge in [-0.05, 0) is 52.3 Å². The molecule has 0 fully saturated rings. The molecule has 0 saturated heterocycles. The summed E-state index contributed by atoms with van der Waals surface area (Å²) in [6.45, 7) is 0. The van der Waals surface area contributed by atoms with Gasteiger partial charge in [0.05, 0.1) is 22.3 Å². The van der Waals surface area contributed by atoms with Gasteiger partial charge in [0.25, 0.3) is 5.91 Å². The quantitative estimate of drug-likeness (QED) is 0.501. The van der Waals surface area contributed by atoms with Crippen molar-refractivity contribution >= 4 is 38.6 Å². The molecule has 4 aromatic rings. The zero-order chi connectivity index (χ0) is 17.2. The molecule has 0 aliphatic heterocycles. The Labute approximate surface area is 153 Å². The van der Waals surface area contributed by atoms with Crippen LogP contribution in [0.3, 0.4) is 0 Å². The molecule has 25 heavy (non-hydrogen) atoms. The molecule has 1 amide bonds. The van der Waals surface area contributed by atoms with Crippen LogP contribution in [0.1, 0.15) is 10.4 Å². The highest BCUT2D eigenvalue weighted by molar-refractivity contribution is 9.10. The number of hydrogen-bond donors (Lipinski definition) is 2. The number of anilines is 1. The average Bonchev–Trinajstić information content (AvgIpc) is 3.06. The fraction of sp³-hybridized carbons (Fsp3) is 0. The van der Waals surface area contributed by atoms with E-state index in [2.05, 4.69) is 31.2 Å². The second kappa shape index (κ2) is 6.53. The molecule has 0 aliphatic carbocycles. The monoisotopic (exact) mass is 391 g/mol. The molecule has 0 bridgehead atoms.